The molecule has 3 aliphatic heterocycles. The Morgan fingerprint density at radius 1 is 0.906 bits per heavy atom. The maximum atomic E-state index is 13.5. The lowest BCUT2D eigenvalue weighted by Crippen LogP contribution is -2.56. The number of nitrogens with one attached hydrogen (secondary N) is 1. The number of nitrogens with zero attached hydrogens (tertiary/aromatic N) is 4. The number of rotatable bonds is 4. The number of hydrogen-bond acceptors (Lipinski definition) is 5. The molecule has 0 saturated carbocycles. The fourth-order valence-corrected chi connectivity index (χ4v) is 4.53. The number of carbonyl (C=O) groups is 3. The van der Waals surface area contributed by atoms with Gasteiger partial charge in [-0.1, -0.05) is 18.2 Å². The van der Waals surface area contributed by atoms with Crippen molar-refractivity contribution in [2.45, 2.75) is 19.5 Å². The summed E-state index contributed by atoms with van der Waals surface area (Å²) in [6, 6.07) is 11.9. The van der Waals surface area contributed by atoms with E-state index in [1.807, 2.05) is 24.3 Å². The number of piperazine rings is 1. The summed E-state index contributed by atoms with van der Waals surface area (Å²) >= 11 is 0. The Kier molecular flexibility index (Phi) is 5.26. The quantitative estimate of drug-likeness (QED) is 0.792. The summed E-state index contributed by atoms with van der Waals surface area (Å²) in [5.74, 6) is -0.768. The van der Waals surface area contributed by atoms with Gasteiger partial charge in [0.25, 0.3) is 5.91 Å². The topological polar surface area (TPSA) is 76.2 Å². The number of benzene rings is 2. The minimum atomic E-state index is -0.557. The van der Waals surface area contributed by atoms with E-state index in [-0.39, 0.29) is 30.6 Å². The van der Waals surface area contributed by atoms with Crippen LogP contribution < -0.4 is 10.2 Å². The van der Waals surface area contributed by atoms with Gasteiger partial charge in [-0.25, -0.2) is 19.2 Å². The lowest BCUT2D eigenvalue weighted by atomic mass is 10.1. The van der Waals surface area contributed by atoms with Crippen LogP contribution in [-0.4, -0.2) is 65.5 Å². The van der Waals surface area contributed by atoms with Gasteiger partial charge in [-0.15, -0.1) is 0 Å². The Labute approximate surface area is 185 Å². The van der Waals surface area contributed by atoms with Crippen molar-refractivity contribution in [3.63, 3.8) is 0 Å². The van der Waals surface area contributed by atoms with Gasteiger partial charge in [0.05, 0.1) is 13.1 Å². The number of hydrogen-bond donors (Lipinski definition) is 1. The molecule has 2 fully saturated rings. The monoisotopic (exact) mass is 437 g/mol. The van der Waals surface area contributed by atoms with E-state index in [9.17, 15) is 18.8 Å². The van der Waals surface area contributed by atoms with Gasteiger partial charge in [-0.2, -0.15) is 0 Å². The van der Waals surface area contributed by atoms with Crippen LogP contribution in [0.25, 0.3) is 0 Å². The molecule has 0 unspecified atom stereocenters. The molecule has 2 saturated heterocycles. The average Bonchev–Trinajstić information content (AvgIpc) is 3.10. The predicted octanol–water partition coefficient (Wildman–Crippen LogP) is 1.96. The van der Waals surface area contributed by atoms with Gasteiger partial charge < -0.3 is 4.90 Å². The summed E-state index contributed by atoms with van der Waals surface area (Å²) in [5.41, 5.74) is 3.49. The molecule has 3 aliphatic rings. The Bertz CT molecular complexity index is 1080. The Balaban J connectivity index is 1.21. The van der Waals surface area contributed by atoms with Crippen LogP contribution in [0.15, 0.2) is 42.5 Å². The summed E-state index contributed by atoms with van der Waals surface area (Å²) in [5, 5.41) is 4.99. The van der Waals surface area contributed by atoms with Crippen molar-refractivity contribution in [1.29, 1.82) is 0 Å². The SMILES string of the molecule is O=C1CCN(N2Cc3cc(CN4CCN(c5cccc(F)c5)CC4)ccc3C2=O)C(=O)N1. The molecule has 2 aromatic carbocycles. The molecular formula is C23H24FN5O3. The van der Waals surface area contributed by atoms with Crippen LogP contribution in [-0.2, 0) is 17.9 Å². The van der Waals surface area contributed by atoms with E-state index in [0.29, 0.717) is 12.1 Å². The number of halogens is 1. The second-order valence-electron chi connectivity index (χ2n) is 8.32. The molecule has 8 nitrogen and oxygen atoms in total. The van der Waals surface area contributed by atoms with Crippen LogP contribution in [0.4, 0.5) is 14.9 Å². The van der Waals surface area contributed by atoms with Crippen LogP contribution in [0.1, 0.15) is 27.9 Å². The number of amides is 4. The number of imide groups is 1. The molecule has 9 heteroatoms. The summed E-state index contributed by atoms with van der Waals surface area (Å²) in [6.45, 7) is 4.65. The van der Waals surface area contributed by atoms with Crippen LogP contribution in [0.3, 0.4) is 0 Å². The minimum Gasteiger partial charge on any atom is -0.369 e. The van der Waals surface area contributed by atoms with Gasteiger partial charge in [0, 0.05) is 50.4 Å². The fourth-order valence-electron chi connectivity index (χ4n) is 4.53. The first-order chi connectivity index (χ1) is 15.5. The third-order valence-electron chi connectivity index (χ3n) is 6.23. The molecule has 4 amide bonds. The van der Waals surface area contributed by atoms with Crippen molar-refractivity contribution in [3.05, 3.63) is 65.0 Å². The standard InChI is InChI=1S/C23H24FN5O3/c24-18-2-1-3-19(13-18)27-10-8-26(9-11-27)14-16-4-5-20-17(12-16)15-29(22(20)31)28-7-6-21(30)25-23(28)32/h1-5,12-13H,6-11,14-15H2,(H,25,30,32). The summed E-state index contributed by atoms with van der Waals surface area (Å²) in [6.07, 6.45) is 0.179. The fraction of sp³-hybridized carbons (Fsp3) is 0.348. The molecule has 2 aromatic rings. The molecule has 0 aromatic heterocycles. The smallest absolute Gasteiger partial charge is 0.342 e. The normalized spacial score (nSPS) is 19.4. The molecule has 166 valence electrons. The van der Waals surface area contributed by atoms with E-state index >= 15 is 0 Å². The third kappa shape index (κ3) is 3.91. The van der Waals surface area contributed by atoms with Crippen LogP contribution >= 0.6 is 0 Å². The molecule has 0 spiro atoms. The molecule has 5 rings (SSSR count). The minimum absolute atomic E-state index is 0.179. The van der Waals surface area contributed by atoms with Crippen molar-refractivity contribution in [2.75, 3.05) is 37.6 Å². The Hall–Kier alpha value is -3.46. The van der Waals surface area contributed by atoms with Gasteiger partial charge in [0.2, 0.25) is 5.91 Å². The summed E-state index contributed by atoms with van der Waals surface area (Å²) in [7, 11) is 0. The lowest BCUT2D eigenvalue weighted by Gasteiger charge is -2.36. The van der Waals surface area contributed by atoms with E-state index in [4.69, 9.17) is 0 Å². The molecule has 0 aliphatic carbocycles. The largest absolute Gasteiger partial charge is 0.369 e. The van der Waals surface area contributed by atoms with Crippen LogP contribution in [0, 0.1) is 5.82 Å². The Morgan fingerprint density at radius 2 is 1.72 bits per heavy atom. The van der Waals surface area contributed by atoms with Crippen molar-refractivity contribution in [3.8, 4) is 0 Å². The highest BCUT2D eigenvalue weighted by molar-refractivity contribution is 6.01. The van der Waals surface area contributed by atoms with Crippen molar-refractivity contribution >= 4 is 23.5 Å². The molecule has 1 N–H and O–H groups in total. The summed E-state index contributed by atoms with van der Waals surface area (Å²) < 4.78 is 13.5. The van der Waals surface area contributed by atoms with E-state index in [2.05, 4.69) is 15.1 Å². The van der Waals surface area contributed by atoms with Crippen molar-refractivity contribution in [2.24, 2.45) is 0 Å². The highest BCUT2D eigenvalue weighted by atomic mass is 19.1. The van der Waals surface area contributed by atoms with Crippen LogP contribution in [0.2, 0.25) is 0 Å². The number of fused-ring (bicyclic) bond motifs is 1. The van der Waals surface area contributed by atoms with E-state index < -0.39 is 6.03 Å². The predicted molar refractivity (Wildman–Crippen MR) is 115 cm³/mol. The average molecular weight is 437 g/mol. The number of anilines is 1. The molecule has 0 bridgehead atoms. The molecule has 3 heterocycles. The first kappa shape index (κ1) is 20.4. The van der Waals surface area contributed by atoms with Crippen LogP contribution in [0.5, 0.6) is 0 Å². The third-order valence-corrected chi connectivity index (χ3v) is 6.23. The number of urea groups is 1. The molecule has 0 radical (unpaired) electrons. The maximum Gasteiger partial charge on any atom is 0.342 e. The molecule has 0 atom stereocenters. The van der Waals surface area contributed by atoms with Gasteiger partial charge in [0.1, 0.15) is 5.82 Å². The zero-order valence-electron chi connectivity index (χ0n) is 17.6. The van der Waals surface area contributed by atoms with Crippen molar-refractivity contribution < 1.29 is 18.8 Å². The second kappa shape index (κ2) is 8.23. The zero-order chi connectivity index (χ0) is 22.2. The molecule has 32 heavy (non-hydrogen) atoms. The number of carbonyl (C=O) groups excluding carboxylic acids is 3. The molecular weight excluding hydrogens is 413 g/mol. The highest BCUT2D eigenvalue weighted by Crippen LogP contribution is 2.27. The van der Waals surface area contributed by atoms with Gasteiger partial charge in [0.15, 0.2) is 0 Å². The Morgan fingerprint density at radius 3 is 2.47 bits per heavy atom. The van der Waals surface area contributed by atoms with E-state index in [0.717, 1.165) is 49.5 Å². The number of hydrazine groups is 1. The van der Waals surface area contributed by atoms with E-state index in [1.54, 1.807) is 12.1 Å². The maximum absolute atomic E-state index is 13.5. The lowest BCUT2D eigenvalue weighted by molar-refractivity contribution is -0.123. The van der Waals surface area contributed by atoms with Gasteiger partial charge in [-0.05, 0) is 35.4 Å². The van der Waals surface area contributed by atoms with E-state index in [1.165, 1.54) is 16.1 Å². The van der Waals surface area contributed by atoms with Gasteiger partial charge >= 0.3 is 6.03 Å². The highest BCUT2D eigenvalue weighted by Gasteiger charge is 2.36. The zero-order valence-corrected chi connectivity index (χ0v) is 17.6. The van der Waals surface area contributed by atoms with Gasteiger partial charge in [-0.3, -0.25) is 19.8 Å². The first-order valence-electron chi connectivity index (χ1n) is 10.8. The summed E-state index contributed by atoms with van der Waals surface area (Å²) in [4.78, 5) is 40.9. The second-order valence-corrected chi connectivity index (χ2v) is 8.32. The first-order valence-corrected chi connectivity index (χ1v) is 10.8. The van der Waals surface area contributed by atoms with Crippen molar-refractivity contribution in [1.82, 2.24) is 20.2 Å².